The maximum atomic E-state index is 14.2. The zero-order valence-electron chi connectivity index (χ0n) is 14.9. The smallest absolute Gasteiger partial charge is 0.255 e. The Balaban J connectivity index is 1.59. The van der Waals surface area contributed by atoms with Gasteiger partial charge in [-0.1, -0.05) is 36.4 Å². The highest BCUT2D eigenvalue weighted by Gasteiger charge is 2.30. The van der Waals surface area contributed by atoms with Gasteiger partial charge in [-0.05, 0) is 30.0 Å². The van der Waals surface area contributed by atoms with Crippen LogP contribution in [0.3, 0.4) is 0 Å². The molecule has 1 amide bonds. The van der Waals surface area contributed by atoms with Gasteiger partial charge >= 0.3 is 0 Å². The summed E-state index contributed by atoms with van der Waals surface area (Å²) in [5, 5.41) is 7.07. The van der Waals surface area contributed by atoms with Crippen LogP contribution < -0.4 is 5.32 Å². The number of nitrogens with zero attached hydrogens (tertiary/aromatic N) is 2. The van der Waals surface area contributed by atoms with Gasteiger partial charge in [-0.25, -0.2) is 8.78 Å². The van der Waals surface area contributed by atoms with E-state index in [1.807, 2.05) is 30.3 Å². The Bertz CT molecular complexity index is 998. The Morgan fingerprint density at radius 2 is 2.00 bits per heavy atom. The van der Waals surface area contributed by atoms with Crippen LogP contribution in [-0.2, 0) is 19.9 Å². The van der Waals surface area contributed by atoms with Gasteiger partial charge in [-0.3, -0.25) is 9.48 Å². The Labute approximate surface area is 155 Å². The van der Waals surface area contributed by atoms with Gasteiger partial charge < -0.3 is 5.32 Å². The maximum absolute atomic E-state index is 14.2. The lowest BCUT2D eigenvalue weighted by atomic mass is 10.0. The first-order chi connectivity index (χ1) is 13.0. The summed E-state index contributed by atoms with van der Waals surface area (Å²) in [4.78, 5) is 12.9. The number of carbonyl (C=O) groups excluding carboxylic acids is 1. The van der Waals surface area contributed by atoms with E-state index in [-0.39, 0.29) is 11.5 Å². The summed E-state index contributed by atoms with van der Waals surface area (Å²) in [6, 6.07) is 12.0. The molecule has 2 aromatic carbocycles. The molecule has 1 heterocycles. The Hall–Kier alpha value is -3.02. The molecule has 0 bridgehead atoms. The highest BCUT2D eigenvalue weighted by molar-refractivity contribution is 5.95. The number of aryl methyl sites for hydroxylation is 2. The number of carbonyl (C=O) groups is 1. The molecule has 6 heteroatoms. The van der Waals surface area contributed by atoms with E-state index >= 15 is 0 Å². The largest absolute Gasteiger partial charge is 0.345 e. The van der Waals surface area contributed by atoms with Crippen molar-refractivity contribution in [3.63, 3.8) is 0 Å². The molecule has 1 unspecified atom stereocenters. The predicted molar refractivity (Wildman–Crippen MR) is 97.3 cm³/mol. The fraction of sp³-hybridized carbons (Fsp3) is 0.238. The van der Waals surface area contributed by atoms with Gasteiger partial charge in [0.15, 0.2) is 11.6 Å². The summed E-state index contributed by atoms with van der Waals surface area (Å²) in [5.74, 6) is -2.08. The van der Waals surface area contributed by atoms with Crippen molar-refractivity contribution in [3.05, 3.63) is 88.2 Å². The molecule has 4 rings (SSSR count). The van der Waals surface area contributed by atoms with E-state index in [0.29, 0.717) is 24.8 Å². The third-order valence-electron chi connectivity index (χ3n) is 5.10. The van der Waals surface area contributed by atoms with E-state index in [2.05, 4.69) is 10.4 Å². The van der Waals surface area contributed by atoms with E-state index in [1.54, 1.807) is 17.8 Å². The fourth-order valence-corrected chi connectivity index (χ4v) is 3.68. The average molecular weight is 367 g/mol. The molecule has 0 aliphatic heterocycles. The number of aromatic nitrogens is 2. The number of benzene rings is 2. The summed E-state index contributed by atoms with van der Waals surface area (Å²) in [7, 11) is 1.79. The fourth-order valence-electron chi connectivity index (χ4n) is 3.68. The summed E-state index contributed by atoms with van der Waals surface area (Å²) in [6.07, 6.45) is 3.24. The molecule has 0 spiro atoms. The Morgan fingerprint density at radius 3 is 2.78 bits per heavy atom. The molecule has 1 aliphatic rings. The lowest BCUT2D eigenvalue weighted by Crippen LogP contribution is -2.28. The number of halogens is 2. The highest BCUT2D eigenvalue weighted by Crippen LogP contribution is 2.34. The molecule has 1 aromatic heterocycles. The zero-order valence-corrected chi connectivity index (χ0v) is 14.9. The van der Waals surface area contributed by atoms with Crippen molar-refractivity contribution < 1.29 is 13.6 Å². The quantitative estimate of drug-likeness (QED) is 0.764. The zero-order chi connectivity index (χ0) is 19.0. The first-order valence-electron chi connectivity index (χ1n) is 8.87. The van der Waals surface area contributed by atoms with Gasteiger partial charge in [-0.15, -0.1) is 0 Å². The maximum Gasteiger partial charge on any atom is 0.255 e. The Morgan fingerprint density at radius 1 is 1.22 bits per heavy atom. The van der Waals surface area contributed by atoms with Gasteiger partial charge in [0.1, 0.15) is 0 Å². The number of hydrogen-bond donors (Lipinski definition) is 1. The second kappa shape index (κ2) is 6.95. The van der Waals surface area contributed by atoms with E-state index < -0.39 is 17.7 Å². The molecule has 0 saturated heterocycles. The van der Waals surface area contributed by atoms with Crippen LogP contribution in [0.4, 0.5) is 8.78 Å². The molecule has 27 heavy (non-hydrogen) atoms. The molecule has 1 N–H and O–H groups in total. The van der Waals surface area contributed by atoms with Crippen molar-refractivity contribution in [2.75, 3.05) is 0 Å². The van der Waals surface area contributed by atoms with Gasteiger partial charge in [0, 0.05) is 19.0 Å². The molecule has 0 radical (unpaired) electrons. The van der Waals surface area contributed by atoms with Gasteiger partial charge in [0.05, 0.1) is 23.5 Å². The number of fused-ring (bicyclic) bond motifs is 1. The molecular formula is C21H19F2N3O. The Kier molecular flexibility index (Phi) is 4.48. The van der Waals surface area contributed by atoms with Crippen LogP contribution >= 0.6 is 0 Å². The lowest BCUT2D eigenvalue weighted by Gasteiger charge is -2.15. The van der Waals surface area contributed by atoms with E-state index in [1.165, 1.54) is 6.20 Å². The minimum absolute atomic E-state index is 0.261. The van der Waals surface area contributed by atoms with Crippen molar-refractivity contribution in [1.29, 1.82) is 0 Å². The standard InChI is InChI=1S/C21H19F2N3O/c1-26-18(11-13-5-3-2-4-6-13)15(12-24-26)21(27)25-17-10-8-14-7-9-16(22)20(23)19(14)17/h2-7,9,12,17H,8,10-11H2,1H3,(H,25,27). The number of hydrogen-bond acceptors (Lipinski definition) is 2. The van der Waals surface area contributed by atoms with Crippen molar-refractivity contribution in [2.24, 2.45) is 7.05 Å². The molecule has 0 saturated carbocycles. The van der Waals surface area contributed by atoms with Crippen LogP contribution in [0.2, 0.25) is 0 Å². The molecule has 0 fully saturated rings. The number of rotatable bonds is 4. The van der Waals surface area contributed by atoms with Gasteiger partial charge in [0.25, 0.3) is 5.91 Å². The minimum atomic E-state index is -0.888. The van der Waals surface area contributed by atoms with Crippen LogP contribution in [0.1, 0.15) is 45.2 Å². The molecule has 138 valence electrons. The second-order valence-corrected chi connectivity index (χ2v) is 6.79. The van der Waals surface area contributed by atoms with E-state index in [0.717, 1.165) is 22.9 Å². The van der Waals surface area contributed by atoms with E-state index in [4.69, 9.17) is 0 Å². The third kappa shape index (κ3) is 3.23. The van der Waals surface area contributed by atoms with Crippen LogP contribution in [0, 0.1) is 11.6 Å². The van der Waals surface area contributed by atoms with Crippen LogP contribution in [0.15, 0.2) is 48.7 Å². The molecule has 1 aliphatic carbocycles. The van der Waals surface area contributed by atoms with Crippen LogP contribution in [0.5, 0.6) is 0 Å². The summed E-state index contributed by atoms with van der Waals surface area (Å²) >= 11 is 0. The average Bonchev–Trinajstić information content (AvgIpc) is 3.24. The first kappa shape index (κ1) is 17.4. The predicted octanol–water partition coefficient (Wildman–Crippen LogP) is 3.71. The number of amides is 1. The van der Waals surface area contributed by atoms with Crippen molar-refractivity contribution in [1.82, 2.24) is 15.1 Å². The first-order valence-corrected chi connectivity index (χ1v) is 8.87. The SMILES string of the molecule is Cn1ncc(C(=O)NC2CCc3ccc(F)c(F)c32)c1Cc1ccccc1. The van der Waals surface area contributed by atoms with Gasteiger partial charge in [0.2, 0.25) is 0 Å². The summed E-state index contributed by atoms with van der Waals surface area (Å²) in [5.41, 5.74) is 3.30. The molecule has 1 atom stereocenters. The van der Waals surface area contributed by atoms with Crippen molar-refractivity contribution in [3.8, 4) is 0 Å². The summed E-state index contributed by atoms with van der Waals surface area (Å²) in [6.45, 7) is 0. The number of nitrogens with one attached hydrogen (secondary N) is 1. The van der Waals surface area contributed by atoms with Crippen LogP contribution in [0.25, 0.3) is 0 Å². The van der Waals surface area contributed by atoms with E-state index in [9.17, 15) is 13.6 Å². The van der Waals surface area contributed by atoms with Gasteiger partial charge in [-0.2, -0.15) is 5.10 Å². The molecular weight excluding hydrogens is 348 g/mol. The van der Waals surface area contributed by atoms with Crippen molar-refractivity contribution in [2.45, 2.75) is 25.3 Å². The normalized spacial score (nSPS) is 15.6. The lowest BCUT2D eigenvalue weighted by molar-refractivity contribution is 0.0935. The molecule has 3 aromatic rings. The second-order valence-electron chi connectivity index (χ2n) is 6.79. The third-order valence-corrected chi connectivity index (χ3v) is 5.10. The molecule has 4 nitrogen and oxygen atoms in total. The van der Waals surface area contributed by atoms with Crippen molar-refractivity contribution >= 4 is 5.91 Å². The highest BCUT2D eigenvalue weighted by atomic mass is 19.2. The monoisotopic (exact) mass is 367 g/mol. The van der Waals surface area contributed by atoms with Crippen LogP contribution in [-0.4, -0.2) is 15.7 Å². The minimum Gasteiger partial charge on any atom is -0.345 e. The summed E-state index contributed by atoms with van der Waals surface area (Å²) < 4.78 is 29.5. The topological polar surface area (TPSA) is 46.9 Å².